The van der Waals surface area contributed by atoms with Crippen molar-refractivity contribution in [3.63, 3.8) is 0 Å². The van der Waals surface area contributed by atoms with E-state index in [4.69, 9.17) is 56.8 Å². The molecule has 0 N–H and O–H groups in total. The second-order valence-electron chi connectivity index (χ2n) is 24.7. The minimum atomic E-state index is -0.0878. The summed E-state index contributed by atoms with van der Waals surface area (Å²) in [5, 5.41) is 0. The normalized spacial score (nSPS) is 12.3. The highest BCUT2D eigenvalue weighted by Gasteiger charge is 2.16. The van der Waals surface area contributed by atoms with E-state index < -0.39 is 0 Å². The first-order valence-electron chi connectivity index (χ1n) is 33.0. The van der Waals surface area contributed by atoms with Crippen LogP contribution in [0.25, 0.3) is 0 Å². The third-order valence-corrected chi connectivity index (χ3v) is 11.7. The summed E-state index contributed by atoms with van der Waals surface area (Å²) in [5.74, 6) is 0. The second-order valence-corrected chi connectivity index (χ2v) is 24.7. The number of rotatable bonds is 54. The molecular formula is C66H144N4O12. The van der Waals surface area contributed by atoms with Crippen LogP contribution >= 0.6 is 0 Å². The Morgan fingerprint density at radius 2 is 0.415 bits per heavy atom. The van der Waals surface area contributed by atoms with Gasteiger partial charge in [-0.1, -0.05) is 60.8 Å². The van der Waals surface area contributed by atoms with Crippen LogP contribution < -0.4 is 0 Å². The molecule has 0 amide bonds. The lowest BCUT2D eigenvalue weighted by molar-refractivity contribution is -0.0448. The Morgan fingerprint density at radius 3 is 0.585 bits per heavy atom. The molecule has 0 spiro atoms. The first kappa shape index (κ1) is 87.8. The molecular weight excluding hydrogens is 1040 g/mol. The van der Waals surface area contributed by atoms with E-state index in [2.05, 4.69) is 165 Å². The van der Waals surface area contributed by atoms with Gasteiger partial charge in [0.05, 0.1) is 114 Å². The largest absolute Gasteiger partial charge is 0.380 e. The zero-order valence-electron chi connectivity index (χ0n) is 58.5. The van der Waals surface area contributed by atoms with Crippen molar-refractivity contribution < 1.29 is 56.8 Å². The number of hydrogen-bond acceptors (Lipinski definition) is 16. The van der Waals surface area contributed by atoms with Gasteiger partial charge in [0, 0.05) is 118 Å². The highest BCUT2D eigenvalue weighted by molar-refractivity contribution is 4.67. The average molecular weight is 1190 g/mol. The van der Waals surface area contributed by atoms with Crippen LogP contribution in [0.3, 0.4) is 0 Å². The van der Waals surface area contributed by atoms with Gasteiger partial charge in [-0.05, 0) is 142 Å². The molecule has 0 bridgehead atoms. The fourth-order valence-corrected chi connectivity index (χ4v) is 6.98. The molecule has 0 aromatic rings. The maximum absolute atomic E-state index is 5.83. The summed E-state index contributed by atoms with van der Waals surface area (Å²) >= 11 is 0. The average Bonchev–Trinajstić information content (AvgIpc) is 3.38. The first-order chi connectivity index (χ1) is 38.9. The van der Waals surface area contributed by atoms with Crippen LogP contribution in [0.1, 0.15) is 203 Å². The molecule has 0 heterocycles. The molecule has 0 aliphatic rings. The smallest absolute Gasteiger partial charge is 0.0600 e. The van der Waals surface area contributed by atoms with Crippen molar-refractivity contribution in [2.45, 2.75) is 238 Å². The van der Waals surface area contributed by atoms with Gasteiger partial charge in [-0.15, -0.1) is 0 Å². The molecule has 0 aliphatic heterocycles. The third kappa shape index (κ3) is 81.4. The molecule has 500 valence electrons. The maximum atomic E-state index is 5.83. The van der Waals surface area contributed by atoms with E-state index in [-0.39, 0.29) is 16.8 Å². The minimum Gasteiger partial charge on any atom is -0.380 e. The van der Waals surface area contributed by atoms with E-state index in [1.165, 1.54) is 19.3 Å². The Kier molecular flexibility index (Phi) is 67.9. The third-order valence-electron chi connectivity index (χ3n) is 11.7. The van der Waals surface area contributed by atoms with Crippen molar-refractivity contribution in [3.8, 4) is 0 Å². The molecule has 0 aromatic carbocycles. The van der Waals surface area contributed by atoms with Gasteiger partial charge in [-0.25, -0.2) is 0 Å². The van der Waals surface area contributed by atoms with Gasteiger partial charge in [-0.3, -0.25) is 19.6 Å². The first-order valence-corrected chi connectivity index (χ1v) is 33.0. The van der Waals surface area contributed by atoms with Crippen LogP contribution in [0.2, 0.25) is 0 Å². The summed E-state index contributed by atoms with van der Waals surface area (Å²) in [4.78, 5) is 9.45. The van der Waals surface area contributed by atoms with Crippen molar-refractivity contribution >= 4 is 0 Å². The number of hydrogen-bond donors (Lipinski definition) is 0. The van der Waals surface area contributed by atoms with Crippen molar-refractivity contribution in [1.82, 2.24) is 19.6 Å². The van der Waals surface area contributed by atoms with E-state index in [0.717, 1.165) is 236 Å². The van der Waals surface area contributed by atoms with Crippen molar-refractivity contribution in [1.29, 1.82) is 0 Å². The van der Waals surface area contributed by atoms with Crippen LogP contribution in [0.5, 0.6) is 0 Å². The Morgan fingerprint density at radius 1 is 0.232 bits per heavy atom. The molecule has 0 unspecified atom stereocenters. The predicted molar refractivity (Wildman–Crippen MR) is 347 cm³/mol. The van der Waals surface area contributed by atoms with E-state index in [1.54, 1.807) is 0 Å². The van der Waals surface area contributed by atoms with Gasteiger partial charge in [0.1, 0.15) is 0 Å². The number of ether oxygens (including phenoxy) is 12. The van der Waals surface area contributed by atoms with Crippen molar-refractivity contribution in [3.05, 3.63) is 0 Å². The Bertz CT molecular complexity index is 1060. The van der Waals surface area contributed by atoms with Gasteiger partial charge in [0.15, 0.2) is 0 Å². The monoisotopic (exact) mass is 1190 g/mol. The van der Waals surface area contributed by atoms with Crippen LogP contribution in [-0.2, 0) is 56.8 Å². The summed E-state index contributed by atoms with van der Waals surface area (Å²) in [6.07, 6.45) is 11.2. The minimum absolute atomic E-state index is 0.0878. The Labute approximate surface area is 510 Å². The lowest BCUT2D eigenvalue weighted by Crippen LogP contribution is -2.38. The highest BCUT2D eigenvalue weighted by atomic mass is 16.5. The number of nitrogens with zero attached hydrogens (tertiary/aromatic N) is 4. The van der Waals surface area contributed by atoms with E-state index >= 15 is 0 Å². The molecule has 0 radical (unpaired) electrons. The molecule has 0 fully saturated rings. The van der Waals surface area contributed by atoms with Gasteiger partial charge in [0.25, 0.3) is 0 Å². The molecule has 0 rings (SSSR count). The van der Waals surface area contributed by atoms with Crippen LogP contribution in [-0.4, -0.2) is 252 Å². The molecule has 82 heavy (non-hydrogen) atoms. The molecule has 16 nitrogen and oxygen atoms in total. The van der Waals surface area contributed by atoms with E-state index in [9.17, 15) is 0 Å². The predicted octanol–water partition coefficient (Wildman–Crippen LogP) is 12.6. The van der Waals surface area contributed by atoms with Crippen molar-refractivity contribution in [2.24, 2.45) is 0 Å². The zero-order valence-corrected chi connectivity index (χ0v) is 58.5. The molecule has 0 aliphatic carbocycles. The zero-order chi connectivity index (χ0) is 62.6. The maximum Gasteiger partial charge on any atom is 0.0600 e. The summed E-state index contributed by atoms with van der Waals surface area (Å²) in [6.45, 7) is 69.9. The van der Waals surface area contributed by atoms with Crippen LogP contribution in [0, 0.1) is 0 Å². The summed E-state index contributed by atoms with van der Waals surface area (Å²) in [5.41, 5.74) is -0.263. The topological polar surface area (TPSA) is 124 Å². The molecule has 0 saturated carbocycles. The molecule has 16 heteroatoms. The summed E-state index contributed by atoms with van der Waals surface area (Å²) in [7, 11) is 0. The fourth-order valence-electron chi connectivity index (χ4n) is 6.98. The van der Waals surface area contributed by atoms with E-state index in [1.807, 2.05) is 0 Å². The Hall–Kier alpha value is -0.640. The van der Waals surface area contributed by atoms with Crippen molar-refractivity contribution in [2.75, 3.05) is 197 Å². The van der Waals surface area contributed by atoms with Gasteiger partial charge >= 0.3 is 0 Å². The van der Waals surface area contributed by atoms with Crippen LogP contribution in [0.15, 0.2) is 0 Å². The standard InChI is InChI=1S/2C18H39NO3.2C15H33NO3/c1-16(2,3)20-13-10-19(11-14-21-17(4,5)6)12-15-22-18(7,8)9;1-4-7-13-20-16-10-19(11-17-21-14-8-5-2)12-18-22-15-9-6-3;1-13(2)17-10-7-16(8-11-18-14(3)4)9-12-19-15(5)6;1-4-10-17-13-7-16(8-14-18-11-5-2)9-15-19-12-6-3/h10-15H2,1-9H3;4-18H2,1-3H3;13-15H,7-12H2,1-6H3;4-15H2,1-3H3. The summed E-state index contributed by atoms with van der Waals surface area (Å²) in [6, 6.07) is 0. The number of unbranched alkanes of at least 4 members (excludes halogenated alkanes) is 3. The lowest BCUT2D eigenvalue weighted by Gasteiger charge is -2.28. The molecule has 0 atom stereocenters. The van der Waals surface area contributed by atoms with Crippen LogP contribution in [0.4, 0.5) is 0 Å². The second kappa shape index (κ2) is 63.4. The summed E-state index contributed by atoms with van der Waals surface area (Å²) < 4.78 is 68.0. The fraction of sp³-hybridized carbons (Fsp3) is 1.00. The molecule has 0 saturated heterocycles. The Balaban J connectivity index is -0.000000496. The SMILES string of the molecule is CC(C)(C)OCCN(CCOC(C)(C)C)CCOC(C)(C)C.CC(C)OCCN(CCOC(C)C)CCOC(C)C.CCCCOCCN(CCOCCCC)CCOCCCC.CCCOCCN(CCOCCC)CCOCCC. The lowest BCUT2D eigenvalue weighted by atomic mass is 10.2. The van der Waals surface area contributed by atoms with Gasteiger partial charge in [0.2, 0.25) is 0 Å². The molecule has 0 aromatic heterocycles. The quantitative estimate of drug-likeness (QED) is 0.0536. The van der Waals surface area contributed by atoms with E-state index in [0.29, 0.717) is 18.3 Å². The van der Waals surface area contributed by atoms with Gasteiger partial charge < -0.3 is 56.8 Å². The highest BCUT2D eigenvalue weighted by Crippen LogP contribution is 2.10. The van der Waals surface area contributed by atoms with Gasteiger partial charge in [-0.2, -0.15) is 0 Å².